The Labute approximate surface area is 203 Å². The highest BCUT2D eigenvalue weighted by molar-refractivity contribution is 5.96. The van der Waals surface area contributed by atoms with E-state index in [1.165, 1.54) is 0 Å². The summed E-state index contributed by atoms with van der Waals surface area (Å²) in [5.74, 6) is -0.0726. The number of primary amides is 1. The fourth-order valence-corrected chi connectivity index (χ4v) is 3.09. The van der Waals surface area contributed by atoms with E-state index < -0.39 is 23.8 Å². The Morgan fingerprint density at radius 2 is 1.60 bits per heavy atom. The molecule has 0 spiro atoms. The maximum absolute atomic E-state index is 12.5. The molecule has 0 saturated carbocycles. The number of benzene rings is 3. The van der Waals surface area contributed by atoms with Crippen LogP contribution < -0.4 is 30.8 Å². The summed E-state index contributed by atoms with van der Waals surface area (Å²) < 4.78 is 16.7. The molecule has 182 valence electrons. The molecular weight excluding hydrogens is 450 g/mol. The zero-order valence-electron chi connectivity index (χ0n) is 19.4. The van der Waals surface area contributed by atoms with Gasteiger partial charge in [-0.3, -0.25) is 25.2 Å². The van der Waals surface area contributed by atoms with E-state index in [2.05, 4.69) is 10.9 Å². The van der Waals surface area contributed by atoms with Crippen molar-refractivity contribution in [2.24, 2.45) is 5.73 Å². The maximum atomic E-state index is 12.5. The number of para-hydroxylation sites is 1. The van der Waals surface area contributed by atoms with E-state index in [9.17, 15) is 14.4 Å². The van der Waals surface area contributed by atoms with Crippen molar-refractivity contribution in [1.29, 1.82) is 0 Å². The molecule has 35 heavy (non-hydrogen) atoms. The number of amides is 3. The second-order valence-corrected chi connectivity index (χ2v) is 7.46. The van der Waals surface area contributed by atoms with Gasteiger partial charge in [0.15, 0.2) is 6.10 Å². The van der Waals surface area contributed by atoms with Crippen molar-refractivity contribution in [3.8, 4) is 17.2 Å². The Hall–Kier alpha value is -4.53. The highest BCUT2D eigenvalue weighted by Gasteiger charge is 2.16. The average molecular weight is 478 g/mol. The average Bonchev–Trinajstić information content (AvgIpc) is 2.87. The summed E-state index contributed by atoms with van der Waals surface area (Å²) in [6.45, 7) is 4.13. The number of rotatable bonds is 10. The van der Waals surface area contributed by atoms with Gasteiger partial charge >= 0.3 is 0 Å². The van der Waals surface area contributed by atoms with Crippen LogP contribution in [0, 0.1) is 0 Å². The van der Waals surface area contributed by atoms with Crippen LogP contribution in [0.25, 0.3) is 0 Å². The lowest BCUT2D eigenvalue weighted by Crippen LogP contribution is -2.47. The molecule has 3 amide bonds. The molecule has 0 saturated heterocycles. The van der Waals surface area contributed by atoms with E-state index in [0.717, 1.165) is 0 Å². The van der Waals surface area contributed by atoms with E-state index in [1.54, 1.807) is 79.7 Å². The fraction of sp³-hybridized carbons (Fsp3) is 0.192. The molecule has 0 bridgehead atoms. The predicted octanol–water partition coefficient (Wildman–Crippen LogP) is 2.99. The molecule has 0 aliphatic carbocycles. The van der Waals surface area contributed by atoms with Crippen LogP contribution in [0.15, 0.2) is 72.8 Å². The van der Waals surface area contributed by atoms with Crippen molar-refractivity contribution in [2.45, 2.75) is 26.6 Å². The Morgan fingerprint density at radius 1 is 0.886 bits per heavy atom. The number of nitrogens with one attached hydrogen (secondary N) is 2. The second-order valence-electron chi connectivity index (χ2n) is 7.46. The summed E-state index contributed by atoms with van der Waals surface area (Å²) in [6, 6.07) is 20.2. The van der Waals surface area contributed by atoms with Gasteiger partial charge in [-0.1, -0.05) is 24.3 Å². The van der Waals surface area contributed by atoms with E-state index in [4.69, 9.17) is 19.9 Å². The van der Waals surface area contributed by atoms with Crippen LogP contribution in [0.2, 0.25) is 0 Å². The molecule has 3 aromatic carbocycles. The van der Waals surface area contributed by atoms with Crippen molar-refractivity contribution < 1.29 is 28.6 Å². The van der Waals surface area contributed by atoms with Crippen LogP contribution >= 0.6 is 0 Å². The Balaban J connectivity index is 1.52. The number of carbonyl (C=O) groups is 3. The molecule has 0 aliphatic heterocycles. The largest absolute Gasteiger partial charge is 0.494 e. The number of ether oxygens (including phenoxy) is 3. The van der Waals surface area contributed by atoms with Gasteiger partial charge in [0.05, 0.1) is 12.2 Å². The smallest absolute Gasteiger partial charge is 0.279 e. The number of hydrazine groups is 1. The lowest BCUT2D eigenvalue weighted by atomic mass is 10.1. The van der Waals surface area contributed by atoms with Gasteiger partial charge in [-0.2, -0.15) is 0 Å². The van der Waals surface area contributed by atoms with Crippen molar-refractivity contribution in [1.82, 2.24) is 10.9 Å². The number of hydrogen-bond donors (Lipinski definition) is 3. The zero-order valence-corrected chi connectivity index (χ0v) is 19.4. The molecule has 1 atom stereocenters. The number of carbonyl (C=O) groups excluding carboxylic acids is 3. The summed E-state index contributed by atoms with van der Waals surface area (Å²) in [7, 11) is 0. The van der Waals surface area contributed by atoms with Gasteiger partial charge < -0.3 is 19.9 Å². The van der Waals surface area contributed by atoms with Gasteiger partial charge in [0.1, 0.15) is 23.9 Å². The van der Waals surface area contributed by atoms with E-state index in [1.807, 2.05) is 6.92 Å². The van der Waals surface area contributed by atoms with Crippen LogP contribution in [0.1, 0.15) is 40.1 Å². The summed E-state index contributed by atoms with van der Waals surface area (Å²) >= 11 is 0. The predicted molar refractivity (Wildman–Crippen MR) is 129 cm³/mol. The number of nitrogens with two attached hydrogens (primary N) is 1. The van der Waals surface area contributed by atoms with Crippen LogP contribution in [-0.4, -0.2) is 30.4 Å². The summed E-state index contributed by atoms with van der Waals surface area (Å²) in [4.78, 5) is 36.4. The molecule has 1 unspecified atom stereocenters. The normalized spacial score (nSPS) is 11.1. The van der Waals surface area contributed by atoms with E-state index in [-0.39, 0.29) is 12.2 Å². The monoisotopic (exact) mass is 477 g/mol. The SMILES string of the molecule is CCOc1ccc(OC(C)C(=O)NNC(=O)c2cccc(COc3ccccc3C(N)=O)c2)cc1. The fourth-order valence-electron chi connectivity index (χ4n) is 3.09. The van der Waals surface area contributed by atoms with Gasteiger partial charge in [0.2, 0.25) is 0 Å². The molecule has 4 N–H and O–H groups in total. The minimum Gasteiger partial charge on any atom is -0.494 e. The molecular formula is C26H27N3O6. The van der Waals surface area contributed by atoms with Crippen molar-refractivity contribution in [2.75, 3.05) is 6.61 Å². The molecule has 0 fully saturated rings. The van der Waals surface area contributed by atoms with Crippen molar-refractivity contribution >= 4 is 17.7 Å². The third-order valence-corrected chi connectivity index (χ3v) is 4.85. The molecule has 9 heteroatoms. The first-order valence-electron chi connectivity index (χ1n) is 11.0. The Morgan fingerprint density at radius 3 is 2.31 bits per heavy atom. The first kappa shape index (κ1) is 25.1. The third-order valence-electron chi connectivity index (χ3n) is 4.85. The quantitative estimate of drug-likeness (QED) is 0.385. The lowest BCUT2D eigenvalue weighted by Gasteiger charge is -2.15. The topological polar surface area (TPSA) is 129 Å². The standard InChI is InChI=1S/C26H27N3O6/c1-3-33-20-11-13-21(14-12-20)35-17(2)25(31)28-29-26(32)19-8-6-7-18(15-19)16-34-23-10-5-4-9-22(23)24(27)30/h4-15,17H,3,16H2,1-2H3,(H2,27,30)(H,28,31)(H,29,32). The first-order chi connectivity index (χ1) is 16.9. The summed E-state index contributed by atoms with van der Waals surface area (Å²) in [5.41, 5.74) is 11.4. The molecule has 0 aliphatic rings. The van der Waals surface area contributed by atoms with Crippen molar-refractivity contribution in [3.05, 3.63) is 89.5 Å². The van der Waals surface area contributed by atoms with Gasteiger partial charge in [0.25, 0.3) is 17.7 Å². The lowest BCUT2D eigenvalue weighted by molar-refractivity contribution is -0.128. The van der Waals surface area contributed by atoms with Gasteiger partial charge in [-0.05, 0) is 67.9 Å². The maximum Gasteiger partial charge on any atom is 0.279 e. The van der Waals surface area contributed by atoms with Gasteiger partial charge in [-0.15, -0.1) is 0 Å². The number of hydrogen-bond acceptors (Lipinski definition) is 6. The molecule has 9 nitrogen and oxygen atoms in total. The van der Waals surface area contributed by atoms with E-state index >= 15 is 0 Å². The summed E-state index contributed by atoms with van der Waals surface area (Å²) in [5, 5.41) is 0. The molecule has 0 aromatic heterocycles. The minimum atomic E-state index is -0.849. The van der Waals surface area contributed by atoms with Crippen LogP contribution in [0.4, 0.5) is 0 Å². The van der Waals surface area contributed by atoms with Gasteiger partial charge in [-0.25, -0.2) is 0 Å². The van der Waals surface area contributed by atoms with Crippen LogP contribution in [0.3, 0.4) is 0 Å². The Kier molecular flexibility index (Phi) is 8.66. The highest BCUT2D eigenvalue weighted by Crippen LogP contribution is 2.20. The minimum absolute atomic E-state index is 0.116. The molecule has 3 aromatic rings. The molecule has 3 rings (SSSR count). The molecule has 0 heterocycles. The van der Waals surface area contributed by atoms with Crippen LogP contribution in [0.5, 0.6) is 17.2 Å². The zero-order chi connectivity index (χ0) is 25.2. The van der Waals surface area contributed by atoms with Crippen molar-refractivity contribution in [3.63, 3.8) is 0 Å². The van der Waals surface area contributed by atoms with Crippen LogP contribution in [-0.2, 0) is 11.4 Å². The first-order valence-corrected chi connectivity index (χ1v) is 11.0. The Bertz CT molecular complexity index is 1180. The van der Waals surface area contributed by atoms with E-state index in [0.29, 0.717) is 35.0 Å². The third kappa shape index (κ3) is 7.23. The molecule has 0 radical (unpaired) electrons. The summed E-state index contributed by atoms with van der Waals surface area (Å²) in [6.07, 6.45) is -0.849. The van der Waals surface area contributed by atoms with Gasteiger partial charge in [0, 0.05) is 5.56 Å². The highest BCUT2D eigenvalue weighted by atomic mass is 16.5. The second kappa shape index (κ2) is 12.1.